The molecule has 4 N–H and O–H groups in total. The fraction of sp³-hybridized carbons (Fsp3) is 0.609. The van der Waals surface area contributed by atoms with Crippen molar-refractivity contribution in [3.63, 3.8) is 0 Å². The first-order valence-electron chi connectivity index (χ1n) is 10.7. The Balaban J connectivity index is 1.48. The van der Waals surface area contributed by atoms with E-state index in [1.165, 1.54) is 4.70 Å². The maximum absolute atomic E-state index is 10.6. The molecule has 0 amide bonds. The minimum Gasteiger partial charge on any atom is -0.481 e. The number of fused-ring (bicyclic) bond motifs is 1. The number of rotatable bonds is 11. The van der Waals surface area contributed by atoms with E-state index in [4.69, 9.17) is 5.11 Å². The molecule has 1 fully saturated rings. The summed E-state index contributed by atoms with van der Waals surface area (Å²) in [6.07, 6.45) is 4.58. The van der Waals surface area contributed by atoms with E-state index in [1.54, 1.807) is 11.3 Å². The Morgan fingerprint density at radius 2 is 1.76 bits per heavy atom. The van der Waals surface area contributed by atoms with Gasteiger partial charge in [0, 0.05) is 11.1 Å². The lowest BCUT2D eigenvalue weighted by molar-refractivity contribution is -0.137. The van der Waals surface area contributed by atoms with Crippen LogP contribution >= 0.6 is 11.3 Å². The van der Waals surface area contributed by atoms with Crippen molar-refractivity contribution in [3.05, 3.63) is 35.2 Å². The SMILES string of the molecule is O=C(O)CCCCCCC1C(O)CC(O)C1CCC(O)c1ccc2sccc2c1. The van der Waals surface area contributed by atoms with Crippen molar-refractivity contribution in [2.24, 2.45) is 11.8 Å². The molecule has 1 aromatic carbocycles. The molecule has 160 valence electrons. The van der Waals surface area contributed by atoms with Crippen LogP contribution in [0.3, 0.4) is 0 Å². The molecular formula is C23H32O5S. The predicted molar refractivity (Wildman–Crippen MR) is 115 cm³/mol. The van der Waals surface area contributed by atoms with Gasteiger partial charge in [-0.2, -0.15) is 0 Å². The molecule has 1 aliphatic rings. The molecule has 0 saturated heterocycles. The van der Waals surface area contributed by atoms with Crippen LogP contribution in [0.4, 0.5) is 0 Å². The standard InChI is InChI=1S/C23H32O5S/c24-19(15-7-10-22-16(13-15)11-12-29-22)9-8-18-17(20(25)14-21(18)26)5-3-1-2-4-6-23(27)28/h7,10-13,17-21,24-26H,1-6,8-9,14H2,(H,27,28). The van der Waals surface area contributed by atoms with E-state index in [9.17, 15) is 20.1 Å². The molecule has 1 saturated carbocycles. The summed E-state index contributed by atoms with van der Waals surface area (Å²) in [7, 11) is 0. The molecule has 0 radical (unpaired) electrons. The fourth-order valence-corrected chi connectivity index (χ4v) is 5.47. The van der Waals surface area contributed by atoms with Crippen molar-refractivity contribution in [1.29, 1.82) is 0 Å². The number of carbonyl (C=O) groups is 1. The number of aliphatic carboxylic acids is 1. The van der Waals surface area contributed by atoms with Crippen LogP contribution in [0, 0.1) is 11.8 Å². The van der Waals surface area contributed by atoms with Gasteiger partial charge in [-0.3, -0.25) is 4.79 Å². The van der Waals surface area contributed by atoms with E-state index >= 15 is 0 Å². The van der Waals surface area contributed by atoms with Crippen LogP contribution in [0.1, 0.15) is 69.5 Å². The van der Waals surface area contributed by atoms with E-state index < -0.39 is 24.3 Å². The summed E-state index contributed by atoms with van der Waals surface area (Å²) < 4.78 is 1.21. The summed E-state index contributed by atoms with van der Waals surface area (Å²) in [6, 6.07) is 8.10. The smallest absolute Gasteiger partial charge is 0.303 e. The van der Waals surface area contributed by atoms with E-state index in [1.807, 2.05) is 23.6 Å². The van der Waals surface area contributed by atoms with Crippen LogP contribution in [0.15, 0.2) is 29.6 Å². The van der Waals surface area contributed by atoms with Gasteiger partial charge in [-0.15, -0.1) is 11.3 Å². The van der Waals surface area contributed by atoms with Crippen LogP contribution in [0.25, 0.3) is 10.1 Å². The molecular weight excluding hydrogens is 388 g/mol. The number of aliphatic hydroxyl groups is 3. The van der Waals surface area contributed by atoms with Crippen LogP contribution in [0.2, 0.25) is 0 Å². The zero-order chi connectivity index (χ0) is 20.8. The summed E-state index contributed by atoms with van der Waals surface area (Å²) >= 11 is 1.68. The number of carboxylic acids is 1. The first kappa shape index (κ1) is 22.2. The van der Waals surface area contributed by atoms with E-state index in [0.29, 0.717) is 25.7 Å². The largest absolute Gasteiger partial charge is 0.481 e. The van der Waals surface area contributed by atoms with Gasteiger partial charge in [-0.1, -0.05) is 25.3 Å². The summed E-state index contributed by atoms with van der Waals surface area (Å²) in [5.41, 5.74) is 0.902. The minimum atomic E-state index is -0.754. The Morgan fingerprint density at radius 3 is 2.52 bits per heavy atom. The van der Waals surface area contributed by atoms with Crippen LogP contribution < -0.4 is 0 Å². The number of thiophene rings is 1. The third-order valence-electron chi connectivity index (χ3n) is 6.33. The molecule has 1 heterocycles. The van der Waals surface area contributed by atoms with E-state index in [0.717, 1.165) is 36.6 Å². The molecule has 0 bridgehead atoms. The van der Waals surface area contributed by atoms with Crippen molar-refractivity contribution in [1.82, 2.24) is 0 Å². The van der Waals surface area contributed by atoms with E-state index in [-0.39, 0.29) is 18.3 Å². The molecule has 0 spiro atoms. The lowest BCUT2D eigenvalue weighted by Gasteiger charge is -2.24. The van der Waals surface area contributed by atoms with Crippen molar-refractivity contribution in [3.8, 4) is 0 Å². The molecule has 5 unspecified atom stereocenters. The van der Waals surface area contributed by atoms with Gasteiger partial charge in [-0.25, -0.2) is 0 Å². The molecule has 2 aromatic rings. The lowest BCUT2D eigenvalue weighted by Crippen LogP contribution is -2.23. The number of carboxylic acid groups (broad SMARTS) is 1. The molecule has 1 aromatic heterocycles. The quantitative estimate of drug-likeness (QED) is 0.401. The average Bonchev–Trinajstić information content (AvgIpc) is 3.25. The van der Waals surface area contributed by atoms with Gasteiger partial charge in [0.05, 0.1) is 18.3 Å². The summed E-state index contributed by atoms with van der Waals surface area (Å²) in [4.78, 5) is 10.6. The van der Waals surface area contributed by atoms with Crippen LogP contribution in [0.5, 0.6) is 0 Å². The molecule has 5 atom stereocenters. The highest BCUT2D eigenvalue weighted by atomic mass is 32.1. The summed E-state index contributed by atoms with van der Waals surface area (Å²) in [5, 5.41) is 43.3. The summed E-state index contributed by atoms with van der Waals surface area (Å²) in [5.74, 6) is -0.698. The Labute approximate surface area is 176 Å². The van der Waals surface area contributed by atoms with Gasteiger partial charge in [0.25, 0.3) is 0 Å². The Kier molecular flexibility index (Phi) is 8.07. The van der Waals surface area contributed by atoms with Gasteiger partial charge in [0.15, 0.2) is 0 Å². The maximum Gasteiger partial charge on any atom is 0.303 e. The Morgan fingerprint density at radius 1 is 1.03 bits per heavy atom. The number of hydrogen-bond acceptors (Lipinski definition) is 5. The van der Waals surface area contributed by atoms with Gasteiger partial charge < -0.3 is 20.4 Å². The van der Waals surface area contributed by atoms with Crippen molar-refractivity contribution < 1.29 is 25.2 Å². The number of unbranched alkanes of at least 4 members (excludes halogenated alkanes) is 3. The van der Waals surface area contributed by atoms with Gasteiger partial charge >= 0.3 is 5.97 Å². The second-order valence-corrected chi connectivity index (χ2v) is 9.30. The molecule has 3 rings (SSSR count). The lowest BCUT2D eigenvalue weighted by atomic mass is 9.84. The highest BCUT2D eigenvalue weighted by Crippen LogP contribution is 2.40. The first-order valence-corrected chi connectivity index (χ1v) is 11.6. The van der Waals surface area contributed by atoms with E-state index in [2.05, 4.69) is 6.07 Å². The number of aliphatic hydroxyl groups excluding tert-OH is 3. The maximum atomic E-state index is 10.6. The van der Waals surface area contributed by atoms with Gasteiger partial charge in [0.1, 0.15) is 0 Å². The Hall–Kier alpha value is -1.47. The van der Waals surface area contributed by atoms with Crippen LogP contribution in [-0.4, -0.2) is 38.6 Å². The van der Waals surface area contributed by atoms with Gasteiger partial charge in [0.2, 0.25) is 0 Å². The second kappa shape index (κ2) is 10.5. The normalized spacial score (nSPS) is 25.5. The van der Waals surface area contributed by atoms with Crippen molar-refractivity contribution in [2.75, 3.05) is 0 Å². The third kappa shape index (κ3) is 6.01. The minimum absolute atomic E-state index is 0.00329. The Bertz CT molecular complexity index is 788. The molecule has 1 aliphatic carbocycles. The van der Waals surface area contributed by atoms with Gasteiger partial charge in [-0.05, 0) is 78.5 Å². The molecule has 29 heavy (non-hydrogen) atoms. The highest BCUT2D eigenvalue weighted by Gasteiger charge is 2.40. The van der Waals surface area contributed by atoms with Crippen LogP contribution in [-0.2, 0) is 4.79 Å². The monoisotopic (exact) mass is 420 g/mol. The van der Waals surface area contributed by atoms with Crippen molar-refractivity contribution >= 4 is 27.4 Å². The molecule has 0 aliphatic heterocycles. The zero-order valence-electron chi connectivity index (χ0n) is 16.7. The highest BCUT2D eigenvalue weighted by molar-refractivity contribution is 7.17. The molecule has 5 nitrogen and oxygen atoms in total. The second-order valence-electron chi connectivity index (χ2n) is 8.36. The first-order chi connectivity index (χ1) is 14.0. The fourth-order valence-electron chi connectivity index (χ4n) is 4.70. The number of hydrogen-bond donors (Lipinski definition) is 4. The number of benzene rings is 1. The third-order valence-corrected chi connectivity index (χ3v) is 7.23. The average molecular weight is 421 g/mol. The predicted octanol–water partition coefficient (Wildman–Crippen LogP) is 4.50. The topological polar surface area (TPSA) is 98.0 Å². The van der Waals surface area contributed by atoms with Crippen molar-refractivity contribution in [2.45, 2.75) is 76.1 Å². The molecule has 6 heteroatoms. The summed E-state index contributed by atoms with van der Waals surface area (Å²) in [6.45, 7) is 0. The zero-order valence-corrected chi connectivity index (χ0v) is 17.6.